The van der Waals surface area contributed by atoms with Gasteiger partial charge in [-0.3, -0.25) is 25.2 Å². The summed E-state index contributed by atoms with van der Waals surface area (Å²) in [4.78, 5) is 36.2. The van der Waals surface area contributed by atoms with E-state index in [-0.39, 0.29) is 17.2 Å². The van der Waals surface area contributed by atoms with Crippen LogP contribution in [0.2, 0.25) is 5.02 Å². The monoisotopic (exact) mass is 383 g/mol. The normalized spacial score (nSPS) is 10.1. The largest absolute Gasteiger partial charge is 0.459 e. The summed E-state index contributed by atoms with van der Waals surface area (Å²) in [6, 6.07) is 15.7. The van der Waals surface area contributed by atoms with Crippen molar-refractivity contribution in [2.75, 3.05) is 5.32 Å². The smallest absolute Gasteiger partial charge is 0.305 e. The molecule has 3 rings (SSSR count). The molecular formula is C19H14ClN3O4. The molecule has 7 nitrogen and oxygen atoms in total. The second kappa shape index (κ2) is 8.20. The molecular weight excluding hydrogens is 370 g/mol. The van der Waals surface area contributed by atoms with Crippen LogP contribution in [-0.2, 0) is 0 Å². The third-order valence-electron chi connectivity index (χ3n) is 3.52. The molecule has 3 amide bonds. The van der Waals surface area contributed by atoms with E-state index >= 15 is 0 Å². The van der Waals surface area contributed by atoms with Gasteiger partial charge in [0, 0.05) is 21.8 Å². The highest BCUT2D eigenvalue weighted by atomic mass is 35.5. The topological polar surface area (TPSA) is 100 Å². The lowest BCUT2D eigenvalue weighted by Gasteiger charge is -2.09. The standard InChI is InChI=1S/C19H14ClN3O4/c20-14-8-6-12(7-9-14)17(24)21-15-4-1-3-13(11-15)18(25)22-23-19(26)16-5-2-10-27-16/h1-11H,(H,21,24)(H,22,25)(H,23,26). The van der Waals surface area contributed by atoms with Crippen LogP contribution in [0.3, 0.4) is 0 Å². The van der Waals surface area contributed by atoms with Gasteiger partial charge < -0.3 is 9.73 Å². The number of halogens is 1. The fourth-order valence-corrected chi connectivity index (χ4v) is 2.32. The van der Waals surface area contributed by atoms with Crippen LogP contribution in [0.1, 0.15) is 31.3 Å². The zero-order valence-corrected chi connectivity index (χ0v) is 14.6. The van der Waals surface area contributed by atoms with E-state index in [0.29, 0.717) is 16.3 Å². The van der Waals surface area contributed by atoms with Crippen LogP contribution in [0.5, 0.6) is 0 Å². The Kier molecular flexibility index (Phi) is 5.53. The van der Waals surface area contributed by atoms with Crippen LogP contribution >= 0.6 is 11.6 Å². The van der Waals surface area contributed by atoms with Crippen LogP contribution in [0, 0.1) is 0 Å². The summed E-state index contributed by atoms with van der Waals surface area (Å²) < 4.78 is 4.93. The van der Waals surface area contributed by atoms with Gasteiger partial charge in [-0.05, 0) is 54.6 Å². The van der Waals surface area contributed by atoms with Crippen LogP contribution in [0.15, 0.2) is 71.3 Å². The van der Waals surface area contributed by atoms with E-state index in [2.05, 4.69) is 16.2 Å². The molecule has 0 atom stereocenters. The van der Waals surface area contributed by atoms with Gasteiger partial charge in [0.1, 0.15) is 0 Å². The number of carbonyl (C=O) groups is 3. The Labute approximate surface area is 159 Å². The van der Waals surface area contributed by atoms with Crippen molar-refractivity contribution in [3.8, 4) is 0 Å². The van der Waals surface area contributed by atoms with Crippen molar-refractivity contribution < 1.29 is 18.8 Å². The molecule has 3 aromatic rings. The Morgan fingerprint density at radius 2 is 1.52 bits per heavy atom. The van der Waals surface area contributed by atoms with Crippen molar-refractivity contribution in [2.24, 2.45) is 0 Å². The molecule has 0 fully saturated rings. The molecule has 27 heavy (non-hydrogen) atoms. The Morgan fingerprint density at radius 1 is 0.778 bits per heavy atom. The summed E-state index contributed by atoms with van der Waals surface area (Å²) in [5.41, 5.74) is 5.64. The van der Waals surface area contributed by atoms with Crippen molar-refractivity contribution in [1.29, 1.82) is 0 Å². The zero-order valence-electron chi connectivity index (χ0n) is 13.9. The van der Waals surface area contributed by atoms with Gasteiger partial charge in [-0.15, -0.1) is 0 Å². The SMILES string of the molecule is O=C(NNC(=O)c1ccco1)c1cccc(NC(=O)c2ccc(Cl)cc2)c1. The number of hydrogen-bond donors (Lipinski definition) is 3. The van der Waals surface area contributed by atoms with E-state index in [1.54, 1.807) is 48.5 Å². The molecule has 1 aromatic heterocycles. The third kappa shape index (κ3) is 4.74. The number of benzene rings is 2. The minimum atomic E-state index is -0.583. The van der Waals surface area contributed by atoms with E-state index in [1.807, 2.05) is 0 Å². The van der Waals surface area contributed by atoms with E-state index in [1.165, 1.54) is 18.4 Å². The van der Waals surface area contributed by atoms with Crippen LogP contribution in [0.4, 0.5) is 5.69 Å². The summed E-state index contributed by atoms with van der Waals surface area (Å²) in [5.74, 6) is -1.40. The summed E-state index contributed by atoms with van der Waals surface area (Å²) in [6.07, 6.45) is 1.35. The summed E-state index contributed by atoms with van der Waals surface area (Å²) in [6.45, 7) is 0. The minimum Gasteiger partial charge on any atom is -0.459 e. The summed E-state index contributed by atoms with van der Waals surface area (Å²) in [5, 5.41) is 3.23. The molecule has 0 unspecified atom stereocenters. The van der Waals surface area contributed by atoms with Gasteiger partial charge in [0.15, 0.2) is 5.76 Å². The average Bonchev–Trinajstić information content (AvgIpc) is 3.21. The Morgan fingerprint density at radius 3 is 2.22 bits per heavy atom. The highest BCUT2D eigenvalue weighted by molar-refractivity contribution is 6.30. The van der Waals surface area contributed by atoms with E-state index in [0.717, 1.165) is 0 Å². The molecule has 2 aromatic carbocycles. The van der Waals surface area contributed by atoms with Crippen molar-refractivity contribution in [2.45, 2.75) is 0 Å². The van der Waals surface area contributed by atoms with E-state index in [9.17, 15) is 14.4 Å². The van der Waals surface area contributed by atoms with Crippen LogP contribution in [0.25, 0.3) is 0 Å². The second-order valence-corrected chi connectivity index (χ2v) is 5.86. The van der Waals surface area contributed by atoms with Gasteiger partial charge in [-0.25, -0.2) is 0 Å². The number of anilines is 1. The number of amides is 3. The van der Waals surface area contributed by atoms with Crippen molar-refractivity contribution in [3.05, 3.63) is 88.8 Å². The maximum Gasteiger partial charge on any atom is 0.305 e. The lowest BCUT2D eigenvalue weighted by atomic mass is 10.1. The number of hydrazine groups is 1. The minimum absolute atomic E-state index is 0.0688. The molecule has 0 aliphatic carbocycles. The number of nitrogens with one attached hydrogen (secondary N) is 3. The van der Waals surface area contributed by atoms with Crippen molar-refractivity contribution in [3.63, 3.8) is 0 Å². The molecule has 1 heterocycles. The Bertz CT molecular complexity index is 969. The van der Waals surface area contributed by atoms with E-state index < -0.39 is 11.8 Å². The molecule has 3 N–H and O–H groups in total. The number of hydrogen-bond acceptors (Lipinski definition) is 4. The average molecular weight is 384 g/mol. The summed E-state index contributed by atoms with van der Waals surface area (Å²) >= 11 is 5.80. The predicted molar refractivity (Wildman–Crippen MR) is 99.5 cm³/mol. The molecule has 8 heteroatoms. The fraction of sp³-hybridized carbons (Fsp3) is 0. The first-order valence-electron chi connectivity index (χ1n) is 7.84. The first kappa shape index (κ1) is 18.2. The maximum atomic E-state index is 12.2. The van der Waals surface area contributed by atoms with Crippen molar-refractivity contribution >= 4 is 35.0 Å². The van der Waals surface area contributed by atoms with Gasteiger partial charge in [0.2, 0.25) is 0 Å². The second-order valence-electron chi connectivity index (χ2n) is 5.43. The Hall–Kier alpha value is -3.58. The van der Waals surface area contributed by atoms with Crippen molar-refractivity contribution in [1.82, 2.24) is 10.9 Å². The van der Waals surface area contributed by atoms with Crippen LogP contribution in [-0.4, -0.2) is 17.7 Å². The predicted octanol–water partition coefficient (Wildman–Crippen LogP) is 3.26. The molecule has 0 bridgehead atoms. The number of rotatable bonds is 4. The lowest BCUT2D eigenvalue weighted by Crippen LogP contribution is -2.41. The molecule has 0 aliphatic heterocycles. The third-order valence-corrected chi connectivity index (χ3v) is 3.78. The van der Waals surface area contributed by atoms with E-state index in [4.69, 9.17) is 16.0 Å². The highest BCUT2D eigenvalue weighted by Gasteiger charge is 2.12. The quantitative estimate of drug-likeness (QED) is 0.602. The molecule has 0 radical (unpaired) electrons. The van der Waals surface area contributed by atoms with Gasteiger partial charge in [0.25, 0.3) is 11.8 Å². The Balaban J connectivity index is 1.62. The molecule has 0 spiro atoms. The first-order chi connectivity index (χ1) is 13.0. The van der Waals surface area contributed by atoms with Crippen LogP contribution < -0.4 is 16.2 Å². The van der Waals surface area contributed by atoms with Gasteiger partial charge in [-0.1, -0.05) is 17.7 Å². The summed E-state index contributed by atoms with van der Waals surface area (Å²) in [7, 11) is 0. The lowest BCUT2D eigenvalue weighted by molar-refractivity contribution is 0.0831. The molecule has 136 valence electrons. The fourth-order valence-electron chi connectivity index (χ4n) is 2.20. The van der Waals surface area contributed by atoms with Gasteiger partial charge in [-0.2, -0.15) is 0 Å². The molecule has 0 saturated heterocycles. The zero-order chi connectivity index (χ0) is 19.2. The number of furan rings is 1. The molecule has 0 aliphatic rings. The van der Waals surface area contributed by atoms with Gasteiger partial charge in [0.05, 0.1) is 6.26 Å². The maximum absolute atomic E-state index is 12.2. The highest BCUT2D eigenvalue weighted by Crippen LogP contribution is 2.14. The van der Waals surface area contributed by atoms with Gasteiger partial charge >= 0.3 is 5.91 Å². The molecule has 0 saturated carbocycles. The first-order valence-corrected chi connectivity index (χ1v) is 8.22. The number of carbonyl (C=O) groups excluding carboxylic acids is 3.